The van der Waals surface area contributed by atoms with Crippen LogP contribution >= 0.6 is 0 Å². The number of fused-ring (bicyclic) bond motifs is 1. The number of nitrogens with one attached hydrogen (secondary N) is 1. The molecule has 0 aromatic carbocycles. The lowest BCUT2D eigenvalue weighted by atomic mass is 10.1. The van der Waals surface area contributed by atoms with E-state index in [0.717, 1.165) is 43.8 Å². The number of nitrogens with zero attached hydrogens (tertiary/aromatic N) is 4. The highest BCUT2D eigenvalue weighted by Crippen LogP contribution is 2.08. The molecule has 1 N–H and O–H groups in total. The van der Waals surface area contributed by atoms with Gasteiger partial charge >= 0.3 is 0 Å². The molecule has 18 heavy (non-hydrogen) atoms. The van der Waals surface area contributed by atoms with Crippen LogP contribution in [0, 0.1) is 0 Å². The molecule has 1 aliphatic rings. The molecular formula is C12H17N5O. The molecule has 3 rings (SSSR count). The van der Waals surface area contributed by atoms with Gasteiger partial charge in [-0.25, -0.2) is 0 Å². The first-order valence-electron chi connectivity index (χ1n) is 6.39. The third-order valence-electron chi connectivity index (χ3n) is 3.25. The highest BCUT2D eigenvalue weighted by molar-refractivity contribution is 5.33. The molecule has 96 valence electrons. The fraction of sp³-hybridized carbons (Fsp3) is 0.583. The van der Waals surface area contributed by atoms with Gasteiger partial charge < -0.3 is 10.1 Å². The second kappa shape index (κ2) is 5.41. The molecule has 3 heterocycles. The maximum Gasteiger partial charge on any atom is 0.179 e. The molecule has 2 aromatic heterocycles. The summed E-state index contributed by atoms with van der Waals surface area (Å²) >= 11 is 0. The van der Waals surface area contributed by atoms with E-state index in [4.69, 9.17) is 4.74 Å². The molecule has 0 radical (unpaired) electrons. The van der Waals surface area contributed by atoms with Crippen LogP contribution in [-0.2, 0) is 11.2 Å². The van der Waals surface area contributed by atoms with Crippen LogP contribution in [-0.4, -0.2) is 45.4 Å². The van der Waals surface area contributed by atoms with Gasteiger partial charge in [0.1, 0.15) is 5.82 Å². The van der Waals surface area contributed by atoms with E-state index in [0.29, 0.717) is 12.7 Å². The summed E-state index contributed by atoms with van der Waals surface area (Å²) in [6, 6.07) is 0. The van der Waals surface area contributed by atoms with Crippen molar-refractivity contribution in [1.82, 2.24) is 24.9 Å². The Morgan fingerprint density at radius 1 is 1.33 bits per heavy atom. The van der Waals surface area contributed by atoms with E-state index in [-0.39, 0.29) is 0 Å². The average molecular weight is 247 g/mol. The number of hydrogen-bond acceptors (Lipinski definition) is 5. The van der Waals surface area contributed by atoms with Crippen LogP contribution in [0.5, 0.6) is 0 Å². The fourth-order valence-electron chi connectivity index (χ4n) is 2.25. The summed E-state index contributed by atoms with van der Waals surface area (Å²) < 4.78 is 7.83. The highest BCUT2D eigenvalue weighted by atomic mass is 16.5. The van der Waals surface area contributed by atoms with Crippen LogP contribution < -0.4 is 5.32 Å². The van der Waals surface area contributed by atoms with Crippen LogP contribution in [0.15, 0.2) is 18.6 Å². The number of aromatic nitrogens is 4. The SMILES string of the molecule is c1cn2c(CCOC3CCNCC3)nnc2cn1. The Kier molecular flexibility index (Phi) is 3.47. The third-order valence-corrected chi connectivity index (χ3v) is 3.25. The Bertz CT molecular complexity index is 506. The van der Waals surface area contributed by atoms with Gasteiger partial charge in [-0.3, -0.25) is 9.38 Å². The van der Waals surface area contributed by atoms with Crippen LogP contribution in [0.1, 0.15) is 18.7 Å². The summed E-state index contributed by atoms with van der Waals surface area (Å²) in [5.41, 5.74) is 0.786. The van der Waals surface area contributed by atoms with Crippen molar-refractivity contribution in [2.45, 2.75) is 25.4 Å². The van der Waals surface area contributed by atoms with Crippen molar-refractivity contribution in [2.75, 3.05) is 19.7 Å². The maximum absolute atomic E-state index is 5.87. The standard InChI is InChI=1S/C12H17N5O/c1-4-13-5-2-10(1)18-8-3-11-15-16-12-9-14-6-7-17(11)12/h6-7,9-10,13H,1-5,8H2. The Labute approximate surface area is 105 Å². The lowest BCUT2D eigenvalue weighted by Gasteiger charge is -2.22. The van der Waals surface area contributed by atoms with E-state index >= 15 is 0 Å². The zero-order valence-corrected chi connectivity index (χ0v) is 10.2. The third kappa shape index (κ3) is 2.49. The molecule has 2 aromatic rings. The summed E-state index contributed by atoms with van der Waals surface area (Å²) in [7, 11) is 0. The summed E-state index contributed by atoms with van der Waals surface area (Å²) in [6.07, 6.45) is 8.73. The monoisotopic (exact) mass is 247 g/mol. The van der Waals surface area contributed by atoms with Gasteiger partial charge in [-0.2, -0.15) is 0 Å². The van der Waals surface area contributed by atoms with Gasteiger partial charge in [-0.15, -0.1) is 10.2 Å². The van der Waals surface area contributed by atoms with Crippen molar-refractivity contribution in [1.29, 1.82) is 0 Å². The molecule has 6 nitrogen and oxygen atoms in total. The zero-order valence-electron chi connectivity index (χ0n) is 10.2. The van der Waals surface area contributed by atoms with Gasteiger partial charge in [0.05, 0.1) is 18.9 Å². The van der Waals surface area contributed by atoms with Crippen LogP contribution in [0.4, 0.5) is 0 Å². The first-order valence-corrected chi connectivity index (χ1v) is 6.39. The van der Waals surface area contributed by atoms with E-state index in [1.54, 1.807) is 12.4 Å². The molecule has 0 aliphatic carbocycles. The predicted molar refractivity (Wildman–Crippen MR) is 66.3 cm³/mol. The molecular weight excluding hydrogens is 230 g/mol. The lowest BCUT2D eigenvalue weighted by Crippen LogP contribution is -2.32. The van der Waals surface area contributed by atoms with Gasteiger partial charge in [0.25, 0.3) is 0 Å². The number of hydrogen-bond donors (Lipinski definition) is 1. The second-order valence-corrected chi connectivity index (χ2v) is 4.49. The van der Waals surface area contributed by atoms with E-state index in [1.807, 2.05) is 10.6 Å². The summed E-state index contributed by atoms with van der Waals surface area (Å²) in [6.45, 7) is 2.82. The van der Waals surface area contributed by atoms with E-state index in [1.165, 1.54) is 0 Å². The summed E-state index contributed by atoms with van der Waals surface area (Å²) in [5.74, 6) is 0.932. The minimum atomic E-state index is 0.395. The second-order valence-electron chi connectivity index (χ2n) is 4.49. The smallest absolute Gasteiger partial charge is 0.179 e. The van der Waals surface area contributed by atoms with Crippen molar-refractivity contribution in [3.05, 3.63) is 24.4 Å². The molecule has 6 heteroatoms. The first kappa shape index (κ1) is 11.6. The quantitative estimate of drug-likeness (QED) is 0.849. The Balaban J connectivity index is 1.56. The van der Waals surface area contributed by atoms with Gasteiger partial charge in [0.2, 0.25) is 0 Å². The van der Waals surface area contributed by atoms with Gasteiger partial charge in [0, 0.05) is 18.8 Å². The molecule has 0 bridgehead atoms. The summed E-state index contributed by atoms with van der Waals surface area (Å²) in [4.78, 5) is 4.02. The lowest BCUT2D eigenvalue weighted by molar-refractivity contribution is 0.0341. The zero-order chi connectivity index (χ0) is 12.2. The molecule has 0 atom stereocenters. The number of piperidine rings is 1. The van der Waals surface area contributed by atoms with Crippen LogP contribution in [0.25, 0.3) is 5.65 Å². The van der Waals surface area contributed by atoms with Crippen molar-refractivity contribution in [2.24, 2.45) is 0 Å². The average Bonchev–Trinajstić information content (AvgIpc) is 2.84. The van der Waals surface area contributed by atoms with Gasteiger partial charge in [-0.05, 0) is 25.9 Å². The molecule has 0 spiro atoms. The molecule has 0 saturated carbocycles. The fourth-order valence-corrected chi connectivity index (χ4v) is 2.25. The van der Waals surface area contributed by atoms with E-state index < -0.39 is 0 Å². The molecule has 0 unspecified atom stereocenters. The van der Waals surface area contributed by atoms with E-state index in [9.17, 15) is 0 Å². The van der Waals surface area contributed by atoms with Gasteiger partial charge in [-0.1, -0.05) is 0 Å². The maximum atomic E-state index is 5.87. The topological polar surface area (TPSA) is 64.3 Å². The molecule has 0 amide bonds. The number of ether oxygens (including phenoxy) is 1. The Morgan fingerprint density at radius 3 is 3.11 bits per heavy atom. The van der Waals surface area contributed by atoms with Gasteiger partial charge in [0.15, 0.2) is 5.65 Å². The van der Waals surface area contributed by atoms with Crippen LogP contribution in [0.3, 0.4) is 0 Å². The Hall–Kier alpha value is -1.53. The Morgan fingerprint density at radius 2 is 2.22 bits per heavy atom. The molecule has 1 aliphatic heterocycles. The summed E-state index contributed by atoms with van der Waals surface area (Å²) in [5, 5.41) is 11.6. The van der Waals surface area contributed by atoms with Crippen molar-refractivity contribution >= 4 is 5.65 Å². The van der Waals surface area contributed by atoms with Crippen molar-refractivity contribution in [3.8, 4) is 0 Å². The minimum Gasteiger partial charge on any atom is -0.378 e. The number of rotatable bonds is 4. The van der Waals surface area contributed by atoms with Crippen molar-refractivity contribution < 1.29 is 4.74 Å². The predicted octanol–water partition coefficient (Wildman–Crippen LogP) is 0.435. The minimum absolute atomic E-state index is 0.395. The largest absolute Gasteiger partial charge is 0.378 e. The normalized spacial score (nSPS) is 17.3. The van der Waals surface area contributed by atoms with E-state index in [2.05, 4.69) is 20.5 Å². The first-order chi connectivity index (χ1) is 8.93. The highest BCUT2D eigenvalue weighted by Gasteiger charge is 2.13. The van der Waals surface area contributed by atoms with Crippen molar-refractivity contribution in [3.63, 3.8) is 0 Å². The molecule has 1 saturated heterocycles. The molecule has 1 fully saturated rings. The van der Waals surface area contributed by atoms with Crippen LogP contribution in [0.2, 0.25) is 0 Å².